The summed E-state index contributed by atoms with van der Waals surface area (Å²) in [7, 11) is 3.18. The van der Waals surface area contributed by atoms with Gasteiger partial charge in [0, 0.05) is 30.9 Å². The Labute approximate surface area is 156 Å². The molecule has 5 nitrogen and oxygen atoms in total. The second-order valence-electron chi connectivity index (χ2n) is 6.89. The average molecular weight is 369 g/mol. The summed E-state index contributed by atoms with van der Waals surface area (Å²) in [4.78, 5) is 30.5. The number of rotatable bonds is 5. The fourth-order valence-corrected chi connectivity index (χ4v) is 4.17. The van der Waals surface area contributed by atoms with Gasteiger partial charge in [-0.1, -0.05) is 44.2 Å². The van der Waals surface area contributed by atoms with Gasteiger partial charge in [0.05, 0.1) is 5.39 Å². The maximum atomic E-state index is 12.9. The lowest BCUT2D eigenvalue weighted by Gasteiger charge is -2.15. The molecule has 0 aliphatic rings. The smallest absolute Gasteiger partial charge is 0.280 e. The maximum absolute atomic E-state index is 12.9. The molecule has 26 heavy (non-hydrogen) atoms. The van der Waals surface area contributed by atoms with Crippen molar-refractivity contribution in [3.05, 3.63) is 68.5 Å². The van der Waals surface area contributed by atoms with Crippen LogP contribution in [-0.4, -0.2) is 14.1 Å². The van der Waals surface area contributed by atoms with Gasteiger partial charge in [0.15, 0.2) is 0 Å². The molecule has 0 amide bonds. The van der Waals surface area contributed by atoms with E-state index < -0.39 is 0 Å². The minimum atomic E-state index is -0.356. The fourth-order valence-electron chi connectivity index (χ4n) is 3.02. The molecule has 0 bridgehead atoms. The monoisotopic (exact) mass is 369 g/mol. The Bertz CT molecular complexity index is 1050. The lowest BCUT2D eigenvalue weighted by Crippen LogP contribution is -2.37. The fraction of sp³-hybridized carbons (Fsp3) is 0.350. The van der Waals surface area contributed by atoms with Gasteiger partial charge < -0.3 is 0 Å². The maximum Gasteiger partial charge on any atom is 0.332 e. The Hall–Kier alpha value is -2.34. The van der Waals surface area contributed by atoms with Crippen LogP contribution in [0.15, 0.2) is 51.0 Å². The van der Waals surface area contributed by atoms with E-state index >= 15 is 0 Å². The molecule has 0 saturated heterocycles. The van der Waals surface area contributed by atoms with E-state index in [2.05, 4.69) is 31.0 Å². The number of pyridine rings is 1. The number of aryl methyl sites for hydroxylation is 1. The van der Waals surface area contributed by atoms with E-state index in [1.165, 1.54) is 17.2 Å². The number of aromatic nitrogens is 3. The van der Waals surface area contributed by atoms with Crippen molar-refractivity contribution in [2.24, 2.45) is 20.0 Å². The Morgan fingerprint density at radius 3 is 2.42 bits per heavy atom. The molecule has 0 unspecified atom stereocenters. The SMILES string of the molecule is CC(C)Cc1cnc2c(c1SCc1ccccc1)c(=O)n(C)c(=O)n2C. The highest BCUT2D eigenvalue weighted by atomic mass is 32.2. The van der Waals surface area contributed by atoms with Gasteiger partial charge in [-0.25, -0.2) is 9.78 Å². The predicted molar refractivity (Wildman–Crippen MR) is 107 cm³/mol. The van der Waals surface area contributed by atoms with Crippen LogP contribution in [0.3, 0.4) is 0 Å². The molecule has 0 radical (unpaired) electrons. The topological polar surface area (TPSA) is 56.9 Å². The summed E-state index contributed by atoms with van der Waals surface area (Å²) in [5, 5.41) is 0.536. The van der Waals surface area contributed by atoms with Crippen LogP contribution in [0, 0.1) is 5.92 Å². The van der Waals surface area contributed by atoms with Crippen LogP contribution in [0.25, 0.3) is 11.0 Å². The Morgan fingerprint density at radius 2 is 1.77 bits per heavy atom. The molecule has 0 aliphatic heterocycles. The molecule has 0 atom stereocenters. The summed E-state index contributed by atoms with van der Waals surface area (Å²) in [6.45, 7) is 4.30. The first-order valence-corrected chi connectivity index (χ1v) is 9.63. The molecule has 0 fully saturated rings. The summed E-state index contributed by atoms with van der Waals surface area (Å²) in [5.74, 6) is 1.21. The van der Waals surface area contributed by atoms with E-state index in [4.69, 9.17) is 0 Å². The van der Waals surface area contributed by atoms with E-state index in [1.807, 2.05) is 24.4 Å². The molecule has 3 aromatic rings. The highest BCUT2D eigenvalue weighted by Gasteiger charge is 2.18. The van der Waals surface area contributed by atoms with Crippen molar-refractivity contribution in [3.8, 4) is 0 Å². The van der Waals surface area contributed by atoms with E-state index in [-0.39, 0.29) is 11.2 Å². The molecular formula is C20H23N3O2S. The lowest BCUT2D eigenvalue weighted by molar-refractivity contribution is 0.638. The summed E-state index contributed by atoms with van der Waals surface area (Å²) in [6.07, 6.45) is 2.65. The zero-order valence-corrected chi connectivity index (χ0v) is 16.3. The number of thioether (sulfide) groups is 1. The van der Waals surface area contributed by atoms with Crippen molar-refractivity contribution in [2.75, 3.05) is 0 Å². The quantitative estimate of drug-likeness (QED) is 0.649. The molecule has 6 heteroatoms. The predicted octanol–water partition coefficient (Wildman–Crippen LogP) is 3.12. The van der Waals surface area contributed by atoms with Gasteiger partial charge >= 0.3 is 5.69 Å². The van der Waals surface area contributed by atoms with E-state index in [0.717, 1.165) is 27.2 Å². The number of benzene rings is 1. The average Bonchev–Trinajstić information content (AvgIpc) is 2.63. The van der Waals surface area contributed by atoms with Gasteiger partial charge in [-0.3, -0.25) is 13.9 Å². The first-order chi connectivity index (χ1) is 12.4. The van der Waals surface area contributed by atoms with Gasteiger partial charge in [-0.05, 0) is 23.5 Å². The molecule has 2 aromatic heterocycles. The van der Waals surface area contributed by atoms with Gasteiger partial charge in [-0.2, -0.15) is 0 Å². The van der Waals surface area contributed by atoms with Crippen LogP contribution in [0.2, 0.25) is 0 Å². The van der Waals surface area contributed by atoms with Crippen LogP contribution < -0.4 is 11.2 Å². The minimum Gasteiger partial charge on any atom is -0.280 e. The van der Waals surface area contributed by atoms with Crippen molar-refractivity contribution in [1.29, 1.82) is 0 Å². The van der Waals surface area contributed by atoms with Crippen LogP contribution in [-0.2, 0) is 26.3 Å². The molecule has 1 aromatic carbocycles. The third-order valence-corrected chi connectivity index (χ3v) is 5.58. The number of nitrogens with zero attached hydrogens (tertiary/aromatic N) is 3. The molecule has 3 rings (SSSR count). The Kier molecular flexibility index (Phi) is 5.32. The molecule has 0 saturated carbocycles. The lowest BCUT2D eigenvalue weighted by atomic mass is 10.0. The highest BCUT2D eigenvalue weighted by molar-refractivity contribution is 7.98. The minimum absolute atomic E-state index is 0.281. The second-order valence-corrected chi connectivity index (χ2v) is 7.87. The second kappa shape index (κ2) is 7.50. The molecule has 0 spiro atoms. The van der Waals surface area contributed by atoms with Crippen LogP contribution >= 0.6 is 11.8 Å². The van der Waals surface area contributed by atoms with Crippen molar-refractivity contribution >= 4 is 22.8 Å². The van der Waals surface area contributed by atoms with E-state index in [1.54, 1.807) is 18.8 Å². The van der Waals surface area contributed by atoms with Gasteiger partial charge in [0.1, 0.15) is 5.65 Å². The molecule has 2 heterocycles. The summed E-state index contributed by atoms with van der Waals surface area (Å²) in [5.41, 5.74) is 2.06. The van der Waals surface area contributed by atoms with Gasteiger partial charge in [-0.15, -0.1) is 11.8 Å². The van der Waals surface area contributed by atoms with Gasteiger partial charge in [0.25, 0.3) is 5.56 Å². The summed E-state index contributed by atoms with van der Waals surface area (Å²) < 4.78 is 2.61. The standard InChI is InChI=1S/C20H23N3O2S/c1-13(2)10-15-11-21-18-16(19(24)23(4)20(25)22(18)3)17(15)26-12-14-8-6-5-7-9-14/h5-9,11,13H,10,12H2,1-4H3. The van der Waals surface area contributed by atoms with Gasteiger partial charge in [0.2, 0.25) is 0 Å². The van der Waals surface area contributed by atoms with Crippen molar-refractivity contribution in [2.45, 2.75) is 30.9 Å². The van der Waals surface area contributed by atoms with Crippen molar-refractivity contribution in [1.82, 2.24) is 14.1 Å². The van der Waals surface area contributed by atoms with Crippen molar-refractivity contribution in [3.63, 3.8) is 0 Å². The molecule has 136 valence electrons. The highest BCUT2D eigenvalue weighted by Crippen LogP contribution is 2.32. The Balaban J connectivity index is 2.21. The summed E-state index contributed by atoms with van der Waals surface area (Å²) in [6, 6.07) is 10.2. The normalized spacial score (nSPS) is 11.4. The first-order valence-electron chi connectivity index (χ1n) is 8.64. The van der Waals surface area contributed by atoms with E-state index in [0.29, 0.717) is 17.0 Å². The Morgan fingerprint density at radius 1 is 1.08 bits per heavy atom. The number of fused-ring (bicyclic) bond motifs is 1. The van der Waals surface area contributed by atoms with Crippen LogP contribution in [0.1, 0.15) is 25.0 Å². The largest absolute Gasteiger partial charge is 0.332 e. The van der Waals surface area contributed by atoms with Crippen molar-refractivity contribution < 1.29 is 0 Å². The third-order valence-electron chi connectivity index (χ3n) is 4.35. The van der Waals surface area contributed by atoms with E-state index in [9.17, 15) is 9.59 Å². The molecule has 0 N–H and O–H groups in total. The third kappa shape index (κ3) is 3.46. The molecular weight excluding hydrogens is 346 g/mol. The summed E-state index contributed by atoms with van der Waals surface area (Å²) >= 11 is 1.64. The first kappa shape index (κ1) is 18.5. The molecule has 0 aliphatic carbocycles. The number of hydrogen-bond donors (Lipinski definition) is 0. The number of hydrogen-bond acceptors (Lipinski definition) is 4. The van der Waals surface area contributed by atoms with Crippen LogP contribution in [0.4, 0.5) is 0 Å². The zero-order valence-electron chi connectivity index (χ0n) is 15.5. The van der Waals surface area contributed by atoms with Crippen LogP contribution in [0.5, 0.6) is 0 Å². The zero-order chi connectivity index (χ0) is 18.8.